The van der Waals surface area contributed by atoms with Crippen molar-refractivity contribution in [2.24, 2.45) is 5.73 Å². The van der Waals surface area contributed by atoms with Gasteiger partial charge in [0.15, 0.2) is 0 Å². The number of rotatable bonds is 4. The number of hydrogen-bond donors (Lipinski definition) is 1. The SMILES string of the molecule is COc1ccc(S(=O)(=O)N2c3ccccc3CC2C(N)=O)cc1C. The molecular weight excluding hydrogens is 328 g/mol. The van der Waals surface area contributed by atoms with E-state index in [-0.39, 0.29) is 11.3 Å². The van der Waals surface area contributed by atoms with Crippen LogP contribution in [0.25, 0.3) is 0 Å². The minimum atomic E-state index is -3.92. The third-order valence-electron chi connectivity index (χ3n) is 4.18. The van der Waals surface area contributed by atoms with E-state index in [1.807, 2.05) is 6.07 Å². The highest BCUT2D eigenvalue weighted by Gasteiger charge is 2.41. The summed E-state index contributed by atoms with van der Waals surface area (Å²) in [6.07, 6.45) is 0.278. The molecule has 3 rings (SSSR count). The molecule has 1 amide bonds. The normalized spacial score (nSPS) is 16.8. The molecule has 0 saturated carbocycles. The number of aryl methyl sites for hydroxylation is 1. The zero-order valence-electron chi connectivity index (χ0n) is 13.4. The summed E-state index contributed by atoms with van der Waals surface area (Å²) in [5.41, 5.74) is 7.43. The van der Waals surface area contributed by atoms with E-state index in [9.17, 15) is 13.2 Å². The van der Waals surface area contributed by atoms with Crippen molar-refractivity contribution in [3.63, 3.8) is 0 Å². The molecule has 1 heterocycles. The van der Waals surface area contributed by atoms with Gasteiger partial charge in [-0.3, -0.25) is 9.10 Å². The summed E-state index contributed by atoms with van der Waals surface area (Å²) in [4.78, 5) is 11.9. The van der Waals surface area contributed by atoms with Crippen LogP contribution < -0.4 is 14.8 Å². The maximum atomic E-state index is 13.1. The Hall–Kier alpha value is -2.54. The van der Waals surface area contributed by atoms with Crippen molar-refractivity contribution in [2.45, 2.75) is 24.3 Å². The number of benzene rings is 2. The number of ether oxygens (including phenoxy) is 1. The largest absolute Gasteiger partial charge is 0.496 e. The van der Waals surface area contributed by atoms with E-state index < -0.39 is 22.0 Å². The first-order chi connectivity index (χ1) is 11.4. The Labute approximate surface area is 140 Å². The number of carbonyl (C=O) groups excluding carboxylic acids is 1. The average molecular weight is 346 g/mol. The third kappa shape index (κ3) is 2.50. The van der Waals surface area contributed by atoms with Crippen LogP contribution in [-0.4, -0.2) is 27.5 Å². The van der Waals surface area contributed by atoms with E-state index in [0.717, 1.165) is 9.87 Å². The lowest BCUT2D eigenvalue weighted by Crippen LogP contribution is -2.45. The highest BCUT2D eigenvalue weighted by atomic mass is 32.2. The number of sulfonamides is 1. The molecule has 0 bridgehead atoms. The molecule has 126 valence electrons. The van der Waals surface area contributed by atoms with Gasteiger partial charge in [0, 0.05) is 6.42 Å². The molecule has 2 aromatic rings. The fourth-order valence-electron chi connectivity index (χ4n) is 3.00. The van der Waals surface area contributed by atoms with E-state index in [1.165, 1.54) is 19.2 Å². The second-order valence-electron chi connectivity index (χ2n) is 5.68. The fourth-order valence-corrected chi connectivity index (χ4v) is 4.74. The van der Waals surface area contributed by atoms with E-state index in [4.69, 9.17) is 10.5 Å². The minimum absolute atomic E-state index is 0.101. The van der Waals surface area contributed by atoms with Gasteiger partial charge >= 0.3 is 0 Å². The number of fused-ring (bicyclic) bond motifs is 1. The summed E-state index contributed by atoms with van der Waals surface area (Å²) in [7, 11) is -2.39. The molecule has 1 aliphatic rings. The van der Waals surface area contributed by atoms with Crippen molar-refractivity contribution in [1.82, 2.24) is 0 Å². The number of anilines is 1. The number of para-hydroxylation sites is 1. The Balaban J connectivity index is 2.14. The second kappa shape index (κ2) is 5.83. The Morgan fingerprint density at radius 3 is 2.58 bits per heavy atom. The topological polar surface area (TPSA) is 89.7 Å². The molecule has 6 nitrogen and oxygen atoms in total. The molecule has 2 N–H and O–H groups in total. The van der Waals surface area contributed by atoms with Crippen LogP contribution in [0.15, 0.2) is 47.4 Å². The Morgan fingerprint density at radius 1 is 1.25 bits per heavy atom. The number of hydrogen-bond acceptors (Lipinski definition) is 4. The number of methoxy groups -OCH3 is 1. The van der Waals surface area contributed by atoms with Crippen molar-refractivity contribution in [1.29, 1.82) is 0 Å². The maximum absolute atomic E-state index is 13.1. The minimum Gasteiger partial charge on any atom is -0.496 e. The predicted octanol–water partition coefficient (Wildman–Crippen LogP) is 1.61. The van der Waals surface area contributed by atoms with Gasteiger partial charge in [-0.2, -0.15) is 0 Å². The fraction of sp³-hybridized carbons (Fsp3) is 0.235. The maximum Gasteiger partial charge on any atom is 0.265 e. The van der Waals surface area contributed by atoms with Gasteiger partial charge in [0.05, 0.1) is 17.7 Å². The molecule has 1 atom stereocenters. The van der Waals surface area contributed by atoms with Gasteiger partial charge in [-0.1, -0.05) is 18.2 Å². The van der Waals surface area contributed by atoms with Crippen molar-refractivity contribution < 1.29 is 17.9 Å². The Kier molecular flexibility index (Phi) is 3.96. The van der Waals surface area contributed by atoms with Crippen LogP contribution in [0.2, 0.25) is 0 Å². The van der Waals surface area contributed by atoms with Gasteiger partial charge in [-0.05, 0) is 42.3 Å². The summed E-state index contributed by atoms with van der Waals surface area (Å²) in [6, 6.07) is 10.7. The van der Waals surface area contributed by atoms with Crippen LogP contribution in [0, 0.1) is 6.92 Å². The molecule has 0 aliphatic carbocycles. The summed E-state index contributed by atoms with van der Waals surface area (Å²) in [5, 5.41) is 0. The molecule has 7 heteroatoms. The predicted molar refractivity (Wildman–Crippen MR) is 90.5 cm³/mol. The van der Waals surface area contributed by atoms with Crippen molar-refractivity contribution in [3.8, 4) is 5.75 Å². The highest BCUT2D eigenvalue weighted by molar-refractivity contribution is 7.93. The number of nitrogens with zero attached hydrogens (tertiary/aromatic N) is 1. The summed E-state index contributed by atoms with van der Waals surface area (Å²) in [5.74, 6) is -0.0674. The highest BCUT2D eigenvalue weighted by Crippen LogP contribution is 2.37. The lowest BCUT2D eigenvalue weighted by atomic mass is 10.1. The van der Waals surface area contributed by atoms with Crippen LogP contribution >= 0.6 is 0 Å². The molecule has 0 radical (unpaired) electrons. The zero-order chi connectivity index (χ0) is 17.5. The van der Waals surface area contributed by atoms with Crippen LogP contribution in [0.3, 0.4) is 0 Å². The van der Waals surface area contributed by atoms with Crippen molar-refractivity contribution in [3.05, 3.63) is 53.6 Å². The molecule has 1 unspecified atom stereocenters. The lowest BCUT2D eigenvalue weighted by Gasteiger charge is -2.25. The number of carbonyl (C=O) groups is 1. The first-order valence-corrected chi connectivity index (χ1v) is 8.86. The smallest absolute Gasteiger partial charge is 0.265 e. The molecule has 0 aromatic heterocycles. The monoisotopic (exact) mass is 346 g/mol. The first-order valence-electron chi connectivity index (χ1n) is 7.42. The lowest BCUT2D eigenvalue weighted by molar-refractivity contribution is -0.118. The van der Waals surface area contributed by atoms with Gasteiger partial charge in [-0.15, -0.1) is 0 Å². The third-order valence-corrected chi connectivity index (χ3v) is 6.00. The van der Waals surface area contributed by atoms with Gasteiger partial charge in [0.25, 0.3) is 10.0 Å². The molecule has 1 aliphatic heterocycles. The first kappa shape index (κ1) is 16.3. The van der Waals surface area contributed by atoms with Crippen molar-refractivity contribution in [2.75, 3.05) is 11.4 Å². The second-order valence-corrected chi connectivity index (χ2v) is 7.50. The summed E-state index contributed by atoms with van der Waals surface area (Å²) >= 11 is 0. The van der Waals surface area contributed by atoms with Gasteiger partial charge in [-0.25, -0.2) is 8.42 Å². The van der Waals surface area contributed by atoms with E-state index in [2.05, 4.69) is 0 Å². The number of amides is 1. The quantitative estimate of drug-likeness (QED) is 0.911. The molecule has 0 fully saturated rings. The zero-order valence-corrected chi connectivity index (χ0v) is 14.2. The number of primary amides is 1. The van der Waals surface area contributed by atoms with Crippen LogP contribution in [0.4, 0.5) is 5.69 Å². The summed E-state index contributed by atoms with van der Waals surface area (Å²) in [6.45, 7) is 1.77. The molecule has 24 heavy (non-hydrogen) atoms. The molecule has 2 aromatic carbocycles. The summed E-state index contributed by atoms with van der Waals surface area (Å²) < 4.78 is 32.6. The Morgan fingerprint density at radius 2 is 1.96 bits per heavy atom. The number of nitrogens with two attached hydrogens (primary N) is 1. The van der Waals surface area contributed by atoms with Crippen molar-refractivity contribution >= 4 is 21.6 Å². The molecular formula is C17H18N2O4S. The van der Waals surface area contributed by atoms with E-state index >= 15 is 0 Å². The molecule has 0 spiro atoms. The van der Waals surface area contributed by atoms with E-state index in [1.54, 1.807) is 31.2 Å². The van der Waals surface area contributed by atoms with Gasteiger partial charge in [0.2, 0.25) is 5.91 Å². The van der Waals surface area contributed by atoms with Crippen LogP contribution in [0.5, 0.6) is 5.75 Å². The van der Waals surface area contributed by atoms with Crippen LogP contribution in [0.1, 0.15) is 11.1 Å². The van der Waals surface area contributed by atoms with E-state index in [0.29, 0.717) is 17.0 Å². The van der Waals surface area contributed by atoms with Gasteiger partial charge < -0.3 is 10.5 Å². The average Bonchev–Trinajstić information content (AvgIpc) is 2.95. The Bertz CT molecular complexity index is 909. The standard InChI is InChI=1S/C17H18N2O4S/c1-11-9-13(7-8-16(11)23-2)24(21,22)19-14-6-4-3-5-12(14)10-15(19)17(18)20/h3-9,15H,10H2,1-2H3,(H2,18,20). The molecule has 0 saturated heterocycles. The van der Waals surface area contributed by atoms with Gasteiger partial charge in [0.1, 0.15) is 11.8 Å². The van der Waals surface area contributed by atoms with Crippen LogP contribution in [-0.2, 0) is 21.2 Å².